The molecule has 1 aliphatic carbocycles. The van der Waals surface area contributed by atoms with E-state index in [0.717, 1.165) is 18.8 Å². The zero-order chi connectivity index (χ0) is 45.5. The van der Waals surface area contributed by atoms with Gasteiger partial charge in [-0.25, -0.2) is 0 Å². The van der Waals surface area contributed by atoms with Gasteiger partial charge in [-0.05, 0) is 107 Å². The van der Waals surface area contributed by atoms with Gasteiger partial charge in [-0.3, -0.25) is 0 Å². The van der Waals surface area contributed by atoms with Gasteiger partial charge in [-0.2, -0.15) is 0 Å². The fourth-order valence-electron chi connectivity index (χ4n) is 8.76. The number of rotatable bonds is 16. The molecular formula is C65H74. The van der Waals surface area contributed by atoms with Gasteiger partial charge in [0.05, 0.1) is 0 Å². The number of hydrogen-bond donors (Lipinski definition) is 0. The van der Waals surface area contributed by atoms with E-state index in [1.54, 1.807) is 0 Å². The molecule has 0 heterocycles. The Balaban J connectivity index is 0.000000154. The molecule has 0 bridgehead atoms. The van der Waals surface area contributed by atoms with Gasteiger partial charge >= 0.3 is 0 Å². The van der Waals surface area contributed by atoms with Crippen molar-refractivity contribution in [2.24, 2.45) is 5.92 Å². The minimum absolute atomic E-state index is 0.474. The van der Waals surface area contributed by atoms with Gasteiger partial charge in [0.1, 0.15) is 0 Å². The Kier molecular flexibility index (Phi) is 19.9. The van der Waals surface area contributed by atoms with Crippen LogP contribution in [0.15, 0.2) is 201 Å². The summed E-state index contributed by atoms with van der Waals surface area (Å²) < 4.78 is 0. The van der Waals surface area contributed by atoms with Gasteiger partial charge in [0.2, 0.25) is 0 Å². The van der Waals surface area contributed by atoms with Crippen molar-refractivity contribution in [1.29, 1.82) is 0 Å². The van der Waals surface area contributed by atoms with Crippen LogP contribution in [-0.2, 0) is 6.42 Å². The van der Waals surface area contributed by atoms with E-state index in [0.29, 0.717) is 5.92 Å². The van der Waals surface area contributed by atoms with E-state index in [2.05, 4.69) is 204 Å². The Bertz CT molecular complexity index is 2540. The number of fused-ring (bicyclic) bond motifs is 2. The molecule has 0 spiro atoms. The molecule has 65 heavy (non-hydrogen) atoms. The molecule has 0 amide bonds. The van der Waals surface area contributed by atoms with Crippen molar-refractivity contribution in [2.75, 3.05) is 0 Å². The molecule has 0 aliphatic heterocycles. The van der Waals surface area contributed by atoms with Crippen LogP contribution in [0, 0.1) is 26.7 Å². The predicted molar refractivity (Wildman–Crippen MR) is 286 cm³/mol. The van der Waals surface area contributed by atoms with Crippen LogP contribution in [0.4, 0.5) is 0 Å². The van der Waals surface area contributed by atoms with E-state index in [4.69, 9.17) is 0 Å². The molecule has 1 fully saturated rings. The fraction of sp³-hybridized carbons (Fsp3) is 0.292. The number of hydrogen-bond acceptors (Lipinski definition) is 0. The van der Waals surface area contributed by atoms with Crippen LogP contribution in [0.5, 0.6) is 0 Å². The van der Waals surface area contributed by atoms with Gasteiger partial charge in [0.15, 0.2) is 0 Å². The lowest BCUT2D eigenvalue weighted by Gasteiger charge is -2.18. The highest BCUT2D eigenvalue weighted by Gasteiger charge is 2.19. The van der Waals surface area contributed by atoms with Crippen LogP contribution in [0.25, 0.3) is 32.7 Å². The highest BCUT2D eigenvalue weighted by molar-refractivity contribution is 5.87. The van der Waals surface area contributed by atoms with Gasteiger partial charge < -0.3 is 0 Å². The molecule has 0 aromatic heterocycles. The highest BCUT2D eigenvalue weighted by atomic mass is 14.3. The third-order valence-corrected chi connectivity index (χ3v) is 12.9. The Morgan fingerprint density at radius 2 is 0.969 bits per heavy atom. The van der Waals surface area contributed by atoms with E-state index >= 15 is 0 Å². The molecule has 0 heteroatoms. The normalized spacial score (nSPS) is 12.2. The molecule has 0 nitrogen and oxygen atoms in total. The summed E-state index contributed by atoms with van der Waals surface area (Å²) in [5.74, 6) is 1.62. The lowest BCUT2D eigenvalue weighted by atomic mass is 9.86. The molecule has 1 aliphatic rings. The summed E-state index contributed by atoms with van der Waals surface area (Å²) in [5.41, 5.74) is 12.1. The Morgan fingerprint density at radius 1 is 0.477 bits per heavy atom. The lowest BCUT2D eigenvalue weighted by molar-refractivity contribution is 0.554. The first-order chi connectivity index (χ1) is 31.9. The summed E-state index contributed by atoms with van der Waals surface area (Å²) in [7, 11) is 0. The summed E-state index contributed by atoms with van der Waals surface area (Å²) in [6, 6.07) is 67.4. The van der Waals surface area contributed by atoms with E-state index in [1.807, 2.05) is 24.3 Å². The number of aryl methyl sites for hydroxylation is 3. The van der Waals surface area contributed by atoms with E-state index in [-0.39, 0.29) is 0 Å². The van der Waals surface area contributed by atoms with Crippen LogP contribution in [0.2, 0.25) is 0 Å². The summed E-state index contributed by atoms with van der Waals surface area (Å²) in [6.07, 6.45) is 20.0. The topological polar surface area (TPSA) is 0 Å². The highest BCUT2D eigenvalue weighted by Crippen LogP contribution is 2.35. The lowest BCUT2D eigenvalue weighted by Crippen LogP contribution is -2.00. The molecule has 8 aromatic carbocycles. The van der Waals surface area contributed by atoms with E-state index in [9.17, 15) is 0 Å². The molecule has 8 aromatic rings. The van der Waals surface area contributed by atoms with Crippen LogP contribution < -0.4 is 0 Å². The molecule has 334 valence electrons. The number of benzene rings is 8. The second kappa shape index (κ2) is 26.7. The van der Waals surface area contributed by atoms with Crippen LogP contribution in [0.1, 0.15) is 129 Å². The van der Waals surface area contributed by atoms with Gasteiger partial charge in [0.25, 0.3) is 0 Å². The predicted octanol–water partition coefficient (Wildman–Crippen LogP) is 19.2. The second-order valence-corrected chi connectivity index (χ2v) is 18.3. The maximum atomic E-state index is 3.74. The summed E-state index contributed by atoms with van der Waals surface area (Å²) in [6.45, 7) is 12.4. The van der Waals surface area contributed by atoms with E-state index < -0.39 is 0 Å². The molecule has 1 unspecified atom stereocenters. The first-order valence-corrected chi connectivity index (χ1v) is 24.7. The fourth-order valence-corrected chi connectivity index (χ4v) is 8.76. The van der Waals surface area contributed by atoms with Crippen LogP contribution in [-0.4, -0.2) is 0 Å². The Hall–Kier alpha value is -5.98. The van der Waals surface area contributed by atoms with Crippen LogP contribution >= 0.6 is 0 Å². The smallest absolute Gasteiger partial charge is 0.00928 e. The van der Waals surface area contributed by atoms with Crippen molar-refractivity contribution < 1.29 is 0 Å². The maximum Gasteiger partial charge on any atom is 0.00928 e. The van der Waals surface area contributed by atoms with Gasteiger partial charge in [-0.15, -0.1) is 6.58 Å². The average molecular weight is 855 g/mol. The summed E-state index contributed by atoms with van der Waals surface area (Å²) >= 11 is 0. The van der Waals surface area contributed by atoms with Gasteiger partial charge in [0, 0.05) is 5.92 Å². The summed E-state index contributed by atoms with van der Waals surface area (Å²) in [4.78, 5) is 0. The van der Waals surface area contributed by atoms with Crippen molar-refractivity contribution in [2.45, 2.75) is 117 Å². The third-order valence-electron chi connectivity index (χ3n) is 12.9. The molecule has 1 saturated carbocycles. The molecular weight excluding hydrogens is 781 g/mol. The first kappa shape index (κ1) is 48.5. The van der Waals surface area contributed by atoms with Crippen LogP contribution in [0.3, 0.4) is 0 Å². The van der Waals surface area contributed by atoms with Gasteiger partial charge in [-0.1, -0.05) is 276 Å². The van der Waals surface area contributed by atoms with Crippen molar-refractivity contribution in [3.63, 3.8) is 0 Å². The SMILES string of the molecule is C=CCCCCCCCCCC1CC1.CCC(c1ccc(C)cc1)c1cccc2ccccc12.Cc1ccc(-c2ccc(Cc3cccc4ccccc34)cc2)cc1.Cc1ccccc1. The van der Waals surface area contributed by atoms with Crippen molar-refractivity contribution in [3.8, 4) is 11.1 Å². The molecule has 1 atom stereocenters. The quantitative estimate of drug-likeness (QED) is 0.0671. The minimum atomic E-state index is 0.474. The maximum absolute atomic E-state index is 3.74. The third kappa shape index (κ3) is 16.2. The molecule has 0 N–H and O–H groups in total. The summed E-state index contributed by atoms with van der Waals surface area (Å²) in [5, 5.41) is 5.37. The molecule has 9 rings (SSSR count). The molecule has 0 radical (unpaired) electrons. The Morgan fingerprint density at radius 3 is 1.55 bits per heavy atom. The monoisotopic (exact) mass is 855 g/mol. The number of allylic oxidation sites excluding steroid dienone is 1. The van der Waals surface area contributed by atoms with Crippen molar-refractivity contribution in [1.82, 2.24) is 0 Å². The standard InChI is InChI=1S/C24H20.C20H20.C14H26.C7H8/c1-18-9-13-20(14-10-18)21-15-11-19(12-16-21)17-23-7-4-6-22-5-2-3-8-24(22)23;1-3-18(17-13-11-15(2)12-14-17)20-10-6-8-16-7-4-5-9-19(16)20;1-2-3-4-5-6-7-8-9-10-11-14-12-13-14;1-7-5-3-2-4-6-7/h2-16H,17H2,1H3;4-14,18H,3H2,1-2H3;2,14H,1,3-13H2;2-6H,1H3. The van der Waals surface area contributed by atoms with Crippen molar-refractivity contribution >= 4 is 21.5 Å². The first-order valence-electron chi connectivity index (χ1n) is 24.7. The minimum Gasteiger partial charge on any atom is -0.103 e. The average Bonchev–Trinajstić information content (AvgIpc) is 4.18. The zero-order valence-electron chi connectivity index (χ0n) is 40.0. The second-order valence-electron chi connectivity index (χ2n) is 18.3. The largest absolute Gasteiger partial charge is 0.103 e. The van der Waals surface area contributed by atoms with Crippen molar-refractivity contribution in [3.05, 3.63) is 240 Å². The zero-order valence-corrected chi connectivity index (χ0v) is 40.0. The van der Waals surface area contributed by atoms with E-state index in [1.165, 1.54) is 142 Å². The number of unbranched alkanes of at least 4 members (excludes halogenated alkanes) is 7. The Labute approximate surface area is 393 Å². The molecule has 0 saturated heterocycles.